The van der Waals surface area contributed by atoms with Gasteiger partial charge in [-0.15, -0.1) is 13.2 Å². The van der Waals surface area contributed by atoms with Crippen LogP contribution in [0.15, 0.2) is 38.0 Å². The van der Waals surface area contributed by atoms with E-state index < -0.39 is 34.8 Å². The van der Waals surface area contributed by atoms with E-state index in [0.717, 1.165) is 4.90 Å². The lowest BCUT2D eigenvalue weighted by atomic mass is 9.88. The van der Waals surface area contributed by atoms with E-state index in [1.54, 1.807) is 26.0 Å². The second-order valence-corrected chi connectivity index (χ2v) is 9.04. The van der Waals surface area contributed by atoms with Crippen molar-refractivity contribution in [2.45, 2.75) is 45.6 Å². The van der Waals surface area contributed by atoms with E-state index in [2.05, 4.69) is 19.7 Å². The molecule has 0 atom stereocenters. The van der Waals surface area contributed by atoms with E-state index >= 15 is 0 Å². The molecular formula is C26H40N2O8. The zero-order chi connectivity index (χ0) is 27.2. The Hall–Kier alpha value is -2.98. The third kappa shape index (κ3) is 8.91. The van der Waals surface area contributed by atoms with Gasteiger partial charge >= 0.3 is 18.0 Å². The van der Waals surface area contributed by atoms with Crippen molar-refractivity contribution < 1.29 is 38.1 Å². The molecule has 36 heavy (non-hydrogen) atoms. The Morgan fingerprint density at radius 2 is 1.39 bits per heavy atom. The van der Waals surface area contributed by atoms with Gasteiger partial charge in [-0.3, -0.25) is 19.3 Å². The monoisotopic (exact) mass is 508 g/mol. The quantitative estimate of drug-likeness (QED) is 0.113. The summed E-state index contributed by atoms with van der Waals surface area (Å²) in [6.07, 6.45) is 5.12. The number of carbonyl (C=O) groups excluding carboxylic acids is 4. The van der Waals surface area contributed by atoms with Gasteiger partial charge in [0.25, 0.3) is 5.91 Å². The van der Waals surface area contributed by atoms with E-state index in [9.17, 15) is 19.2 Å². The number of hydrogen-bond donors (Lipinski definition) is 0. The van der Waals surface area contributed by atoms with Crippen LogP contribution < -0.4 is 0 Å². The van der Waals surface area contributed by atoms with E-state index in [0.29, 0.717) is 32.8 Å². The predicted octanol–water partition coefficient (Wildman–Crippen LogP) is 2.88. The van der Waals surface area contributed by atoms with Crippen molar-refractivity contribution in [3.05, 3.63) is 38.0 Å². The lowest BCUT2D eigenvalue weighted by Gasteiger charge is -2.31. The molecule has 1 heterocycles. The minimum Gasteiger partial charge on any atom is -0.465 e. The summed E-state index contributed by atoms with van der Waals surface area (Å²) < 4.78 is 21.7. The van der Waals surface area contributed by atoms with Gasteiger partial charge in [0, 0.05) is 13.1 Å². The van der Waals surface area contributed by atoms with Gasteiger partial charge in [-0.1, -0.05) is 31.7 Å². The van der Waals surface area contributed by atoms with E-state index in [-0.39, 0.29) is 39.1 Å². The van der Waals surface area contributed by atoms with Gasteiger partial charge in [-0.05, 0) is 20.3 Å². The highest BCUT2D eigenvalue weighted by molar-refractivity contribution is 6.06. The van der Waals surface area contributed by atoms with Gasteiger partial charge in [0.1, 0.15) is 18.8 Å². The smallest absolute Gasteiger partial charge is 0.327 e. The number of imide groups is 1. The molecule has 1 fully saturated rings. The van der Waals surface area contributed by atoms with E-state index in [1.165, 1.54) is 11.0 Å². The molecule has 1 aliphatic heterocycles. The Labute approximate surface area is 213 Å². The molecule has 1 aliphatic rings. The Balaban J connectivity index is 2.70. The number of ether oxygens (including phenoxy) is 4. The van der Waals surface area contributed by atoms with Crippen molar-refractivity contribution in [3.63, 3.8) is 0 Å². The molecule has 0 spiro atoms. The lowest BCUT2D eigenvalue weighted by molar-refractivity contribution is -0.151. The van der Waals surface area contributed by atoms with E-state index in [4.69, 9.17) is 18.9 Å². The summed E-state index contributed by atoms with van der Waals surface area (Å²) in [4.78, 5) is 52.4. The SMILES string of the molecule is C=CCOCC(CC)(COCC=C)COC(=O)CCN1C(=O)N(CCC(=O)OCC=C)C(C)(C)C1=O. The number of carbonyl (C=O) groups is 4. The molecule has 0 radical (unpaired) electrons. The number of esters is 2. The predicted molar refractivity (Wildman–Crippen MR) is 134 cm³/mol. The van der Waals surface area contributed by atoms with Gasteiger partial charge in [0.05, 0.1) is 44.7 Å². The molecule has 0 unspecified atom stereocenters. The van der Waals surface area contributed by atoms with Gasteiger partial charge in [-0.25, -0.2) is 4.79 Å². The Morgan fingerprint density at radius 1 is 0.861 bits per heavy atom. The molecule has 10 nitrogen and oxygen atoms in total. The van der Waals surface area contributed by atoms with Crippen molar-refractivity contribution >= 4 is 23.9 Å². The number of amides is 3. The zero-order valence-corrected chi connectivity index (χ0v) is 21.8. The van der Waals surface area contributed by atoms with Crippen LogP contribution in [-0.2, 0) is 33.3 Å². The number of urea groups is 1. The first-order valence-corrected chi connectivity index (χ1v) is 12.0. The van der Waals surface area contributed by atoms with E-state index in [1.807, 2.05) is 6.92 Å². The minimum absolute atomic E-state index is 0.0168. The van der Waals surface area contributed by atoms with Crippen LogP contribution >= 0.6 is 0 Å². The Bertz CT molecular complexity index is 794. The molecule has 202 valence electrons. The van der Waals surface area contributed by atoms with Crippen LogP contribution in [0.4, 0.5) is 4.79 Å². The van der Waals surface area contributed by atoms with Crippen molar-refractivity contribution in [1.29, 1.82) is 0 Å². The average Bonchev–Trinajstić information content (AvgIpc) is 3.01. The van der Waals surface area contributed by atoms with Gasteiger partial charge in [0.15, 0.2) is 0 Å². The highest BCUT2D eigenvalue weighted by Gasteiger charge is 2.51. The molecule has 0 saturated carbocycles. The van der Waals surface area contributed by atoms with Crippen molar-refractivity contribution in [2.75, 3.05) is 52.7 Å². The van der Waals surface area contributed by atoms with Gasteiger partial charge in [0.2, 0.25) is 0 Å². The summed E-state index contributed by atoms with van der Waals surface area (Å²) in [6, 6.07) is -0.562. The Morgan fingerprint density at radius 3 is 1.92 bits per heavy atom. The summed E-state index contributed by atoms with van der Waals surface area (Å²) in [7, 11) is 0. The van der Waals surface area contributed by atoms with Crippen LogP contribution in [-0.4, -0.2) is 91.9 Å². The highest BCUT2D eigenvalue weighted by atomic mass is 16.5. The van der Waals surface area contributed by atoms with Crippen molar-refractivity contribution in [1.82, 2.24) is 9.80 Å². The topological polar surface area (TPSA) is 112 Å². The van der Waals surface area contributed by atoms with Crippen LogP contribution in [0.5, 0.6) is 0 Å². The molecule has 0 aromatic rings. The molecule has 0 aliphatic carbocycles. The summed E-state index contributed by atoms with van der Waals surface area (Å²) in [5, 5.41) is 0. The zero-order valence-electron chi connectivity index (χ0n) is 21.8. The Kier molecular flexibility index (Phi) is 13.1. The summed E-state index contributed by atoms with van der Waals surface area (Å²) in [6.45, 7) is 17.2. The maximum Gasteiger partial charge on any atom is 0.327 e. The van der Waals surface area contributed by atoms with Crippen LogP contribution in [0.25, 0.3) is 0 Å². The highest BCUT2D eigenvalue weighted by Crippen LogP contribution is 2.28. The number of hydrogen-bond acceptors (Lipinski definition) is 8. The first kappa shape index (κ1) is 31.1. The van der Waals surface area contributed by atoms with Crippen LogP contribution in [0, 0.1) is 5.41 Å². The molecule has 10 heteroatoms. The summed E-state index contributed by atoms with van der Waals surface area (Å²) >= 11 is 0. The molecule has 0 aromatic heterocycles. The number of nitrogens with zero attached hydrogens (tertiary/aromatic N) is 2. The molecule has 0 aromatic carbocycles. The fourth-order valence-corrected chi connectivity index (χ4v) is 3.57. The third-order valence-electron chi connectivity index (χ3n) is 5.92. The maximum absolute atomic E-state index is 12.9. The summed E-state index contributed by atoms with van der Waals surface area (Å²) in [5.74, 6) is -1.50. The number of rotatable bonds is 19. The normalized spacial score (nSPS) is 15.1. The second kappa shape index (κ2) is 15.2. The molecular weight excluding hydrogens is 468 g/mol. The average molecular weight is 509 g/mol. The maximum atomic E-state index is 12.9. The minimum atomic E-state index is -1.15. The van der Waals surface area contributed by atoms with Crippen LogP contribution in [0.2, 0.25) is 0 Å². The lowest BCUT2D eigenvalue weighted by Crippen LogP contribution is -2.45. The molecule has 0 N–H and O–H groups in total. The fourth-order valence-electron chi connectivity index (χ4n) is 3.57. The van der Waals surface area contributed by atoms with Crippen LogP contribution in [0.3, 0.4) is 0 Å². The molecule has 0 bridgehead atoms. The largest absolute Gasteiger partial charge is 0.465 e. The summed E-state index contributed by atoms with van der Waals surface area (Å²) in [5.41, 5.74) is -1.71. The third-order valence-corrected chi connectivity index (χ3v) is 5.92. The fraction of sp³-hybridized carbons (Fsp3) is 0.615. The first-order chi connectivity index (χ1) is 17.1. The van der Waals surface area contributed by atoms with Gasteiger partial charge in [-0.2, -0.15) is 0 Å². The standard InChI is InChI=1S/C26H40N2O8/c1-7-15-33-18-26(10-4,19-34-16-8-2)20-36-22(30)11-13-27-23(31)25(5,6)28(24(27)32)14-12-21(29)35-17-9-3/h7-9H,1-3,10-20H2,4-6H3. The molecule has 3 amide bonds. The molecule has 1 rings (SSSR count). The van der Waals surface area contributed by atoms with Crippen LogP contribution in [0.1, 0.15) is 40.0 Å². The second-order valence-electron chi connectivity index (χ2n) is 9.04. The first-order valence-electron chi connectivity index (χ1n) is 12.0. The van der Waals surface area contributed by atoms with Crippen molar-refractivity contribution in [2.24, 2.45) is 5.41 Å². The van der Waals surface area contributed by atoms with Gasteiger partial charge < -0.3 is 23.8 Å². The van der Waals surface area contributed by atoms with Crippen molar-refractivity contribution in [3.8, 4) is 0 Å². The molecule has 1 saturated heterocycles.